The van der Waals surface area contributed by atoms with E-state index in [1.165, 1.54) is 0 Å². The summed E-state index contributed by atoms with van der Waals surface area (Å²) >= 11 is 0. The molecular weight excluding hydrogens is 272 g/mol. The smallest absolute Gasteiger partial charge is 0.407 e. The van der Waals surface area contributed by atoms with Crippen molar-refractivity contribution >= 4 is 6.09 Å². The van der Waals surface area contributed by atoms with Crippen molar-refractivity contribution < 1.29 is 19.0 Å². The summed E-state index contributed by atoms with van der Waals surface area (Å²) in [7, 11) is 0. The van der Waals surface area contributed by atoms with Crippen molar-refractivity contribution in [2.75, 3.05) is 6.54 Å². The quantitative estimate of drug-likeness (QED) is 0.835. The van der Waals surface area contributed by atoms with E-state index in [9.17, 15) is 4.79 Å². The molecular formula is C15H22N2O4. The lowest BCUT2D eigenvalue weighted by molar-refractivity contribution is -0.379. The van der Waals surface area contributed by atoms with Gasteiger partial charge < -0.3 is 25.3 Å². The maximum Gasteiger partial charge on any atom is 0.407 e. The highest BCUT2D eigenvalue weighted by atomic mass is 16.9. The number of nitrogens with two attached hydrogens (primary N) is 1. The van der Waals surface area contributed by atoms with Crippen molar-refractivity contribution in [1.82, 2.24) is 5.32 Å². The molecule has 1 unspecified atom stereocenters. The second-order valence-electron chi connectivity index (χ2n) is 5.54. The molecule has 1 atom stereocenters. The molecule has 1 aromatic carbocycles. The van der Waals surface area contributed by atoms with E-state index in [0.29, 0.717) is 6.42 Å². The number of ether oxygens (including phenoxy) is 3. The Morgan fingerprint density at radius 3 is 2.67 bits per heavy atom. The highest BCUT2D eigenvalue weighted by molar-refractivity contribution is 5.67. The van der Waals surface area contributed by atoms with Crippen molar-refractivity contribution in [3.8, 4) is 0 Å². The number of carbonyl (C=O) groups excluding carboxylic acids is 1. The zero-order valence-electron chi connectivity index (χ0n) is 12.4. The molecule has 6 heteroatoms. The van der Waals surface area contributed by atoms with Crippen molar-refractivity contribution in [1.29, 1.82) is 0 Å². The van der Waals surface area contributed by atoms with Gasteiger partial charge in [0, 0.05) is 18.5 Å². The van der Waals surface area contributed by atoms with E-state index in [2.05, 4.69) is 5.32 Å². The molecule has 1 saturated heterocycles. The summed E-state index contributed by atoms with van der Waals surface area (Å²) in [6.45, 7) is 4.18. The van der Waals surface area contributed by atoms with Crippen molar-refractivity contribution in [2.45, 2.75) is 45.0 Å². The van der Waals surface area contributed by atoms with E-state index in [-0.39, 0.29) is 25.7 Å². The third kappa shape index (κ3) is 5.34. The maximum absolute atomic E-state index is 11.6. The van der Waals surface area contributed by atoms with Gasteiger partial charge in [0.2, 0.25) is 0 Å². The van der Waals surface area contributed by atoms with Crippen LogP contribution in [0.15, 0.2) is 30.3 Å². The van der Waals surface area contributed by atoms with E-state index in [1.54, 1.807) is 0 Å². The first kappa shape index (κ1) is 15.8. The number of nitrogens with one attached hydrogen (secondary N) is 1. The van der Waals surface area contributed by atoms with Gasteiger partial charge in [-0.2, -0.15) is 0 Å². The second-order valence-corrected chi connectivity index (χ2v) is 5.54. The maximum atomic E-state index is 11.6. The fourth-order valence-corrected chi connectivity index (χ4v) is 2.04. The molecule has 0 saturated carbocycles. The van der Waals surface area contributed by atoms with Gasteiger partial charge in [-0.3, -0.25) is 0 Å². The van der Waals surface area contributed by atoms with Crippen LogP contribution in [0, 0.1) is 0 Å². The summed E-state index contributed by atoms with van der Waals surface area (Å²) in [6.07, 6.45) is -0.442. The molecule has 3 N–H and O–H groups in total. The number of amides is 1. The molecule has 1 fully saturated rings. The Morgan fingerprint density at radius 1 is 1.38 bits per heavy atom. The lowest BCUT2D eigenvalue weighted by Crippen LogP contribution is -2.53. The fraction of sp³-hybridized carbons (Fsp3) is 0.533. The molecule has 0 spiro atoms. The predicted molar refractivity (Wildman–Crippen MR) is 77.3 cm³/mol. The van der Waals surface area contributed by atoms with Gasteiger partial charge in [-0.1, -0.05) is 30.3 Å². The van der Waals surface area contributed by atoms with Crippen LogP contribution in [0.25, 0.3) is 0 Å². The molecule has 0 bridgehead atoms. The Kier molecular flexibility index (Phi) is 5.17. The van der Waals surface area contributed by atoms with Gasteiger partial charge in [0.15, 0.2) is 12.6 Å². The lowest BCUT2D eigenvalue weighted by atomic mass is 9.98. The number of hydrogen-bond acceptors (Lipinski definition) is 5. The first-order chi connectivity index (χ1) is 9.94. The van der Waals surface area contributed by atoms with E-state index >= 15 is 0 Å². The van der Waals surface area contributed by atoms with Gasteiger partial charge in [0.1, 0.15) is 6.61 Å². The average molecular weight is 294 g/mol. The fourth-order valence-electron chi connectivity index (χ4n) is 2.04. The van der Waals surface area contributed by atoms with Gasteiger partial charge in [-0.05, 0) is 19.4 Å². The number of rotatable bonds is 6. The molecule has 116 valence electrons. The van der Waals surface area contributed by atoms with Crippen LogP contribution in [0.5, 0.6) is 0 Å². The summed E-state index contributed by atoms with van der Waals surface area (Å²) in [5.74, 6) is 0. The van der Waals surface area contributed by atoms with Crippen molar-refractivity contribution in [3.63, 3.8) is 0 Å². The summed E-state index contributed by atoms with van der Waals surface area (Å²) in [5, 5.41) is 2.66. The van der Waals surface area contributed by atoms with E-state index in [1.807, 2.05) is 44.2 Å². The summed E-state index contributed by atoms with van der Waals surface area (Å²) in [5.41, 5.74) is 6.42. The second kappa shape index (κ2) is 6.89. The largest absolute Gasteiger partial charge is 0.445 e. The number of carbonyl (C=O) groups is 1. The molecule has 2 rings (SSSR count). The zero-order chi connectivity index (χ0) is 15.3. The van der Waals surface area contributed by atoms with Gasteiger partial charge in [-0.15, -0.1) is 0 Å². The standard InChI is InChI=1S/C15H22N2O4/c1-11-20-13(21-11)8-15(2,16)10-17-14(18)19-9-12-6-4-3-5-7-12/h3-7,11,13H,8-10,16H2,1-2H3,(H,17,18). The molecule has 0 aliphatic carbocycles. The Morgan fingerprint density at radius 2 is 2.05 bits per heavy atom. The minimum Gasteiger partial charge on any atom is -0.445 e. The number of benzene rings is 1. The number of hydrogen-bond donors (Lipinski definition) is 2. The monoisotopic (exact) mass is 294 g/mol. The lowest BCUT2D eigenvalue weighted by Gasteiger charge is -2.38. The summed E-state index contributed by atoms with van der Waals surface area (Å²) < 4.78 is 15.8. The molecule has 1 aliphatic rings. The number of alkyl carbamates (subject to hydrolysis) is 1. The zero-order valence-corrected chi connectivity index (χ0v) is 12.4. The van der Waals surface area contributed by atoms with Crippen LogP contribution >= 0.6 is 0 Å². The minimum atomic E-state index is -0.615. The first-order valence-electron chi connectivity index (χ1n) is 6.99. The van der Waals surface area contributed by atoms with Gasteiger partial charge >= 0.3 is 6.09 Å². The summed E-state index contributed by atoms with van der Waals surface area (Å²) in [4.78, 5) is 11.6. The molecule has 6 nitrogen and oxygen atoms in total. The Hall–Kier alpha value is -1.63. The Labute approximate surface area is 124 Å². The van der Waals surface area contributed by atoms with Crippen LogP contribution in [-0.4, -0.2) is 30.8 Å². The third-order valence-corrected chi connectivity index (χ3v) is 3.17. The van der Waals surface area contributed by atoms with Crippen LogP contribution in [0.1, 0.15) is 25.8 Å². The Balaban J connectivity index is 1.65. The van der Waals surface area contributed by atoms with Crippen LogP contribution in [0.4, 0.5) is 4.79 Å². The van der Waals surface area contributed by atoms with Crippen molar-refractivity contribution in [2.24, 2.45) is 5.73 Å². The van der Waals surface area contributed by atoms with Crippen LogP contribution in [0.3, 0.4) is 0 Å². The van der Waals surface area contributed by atoms with Crippen molar-refractivity contribution in [3.05, 3.63) is 35.9 Å². The normalized spacial score (nSPS) is 23.8. The van der Waals surface area contributed by atoms with E-state index < -0.39 is 11.6 Å². The molecule has 1 amide bonds. The van der Waals surface area contributed by atoms with E-state index in [0.717, 1.165) is 5.56 Å². The van der Waals surface area contributed by atoms with Gasteiger partial charge in [-0.25, -0.2) is 4.79 Å². The molecule has 1 heterocycles. The molecule has 1 aliphatic heterocycles. The van der Waals surface area contributed by atoms with Crippen LogP contribution < -0.4 is 11.1 Å². The third-order valence-electron chi connectivity index (χ3n) is 3.17. The topological polar surface area (TPSA) is 82.8 Å². The SMILES string of the molecule is CC1OC(CC(C)(N)CNC(=O)OCc2ccccc2)O1. The molecule has 1 aromatic rings. The highest BCUT2D eigenvalue weighted by Crippen LogP contribution is 2.23. The average Bonchev–Trinajstić information content (AvgIpc) is 2.42. The molecule has 0 aromatic heterocycles. The van der Waals surface area contributed by atoms with Crippen LogP contribution in [0.2, 0.25) is 0 Å². The highest BCUT2D eigenvalue weighted by Gasteiger charge is 2.33. The predicted octanol–water partition coefficient (Wildman–Crippen LogP) is 1.74. The minimum absolute atomic E-state index is 0.172. The van der Waals surface area contributed by atoms with Crippen LogP contribution in [-0.2, 0) is 20.8 Å². The molecule has 0 radical (unpaired) electrons. The van der Waals surface area contributed by atoms with E-state index in [4.69, 9.17) is 19.9 Å². The Bertz CT molecular complexity index is 458. The van der Waals surface area contributed by atoms with Gasteiger partial charge in [0.25, 0.3) is 0 Å². The summed E-state index contributed by atoms with van der Waals surface area (Å²) in [6, 6.07) is 9.49. The van der Waals surface area contributed by atoms with Gasteiger partial charge in [0.05, 0.1) is 0 Å². The molecule has 21 heavy (non-hydrogen) atoms. The first-order valence-corrected chi connectivity index (χ1v) is 6.99.